The largest absolute Gasteiger partial charge is 0.365 e. The number of nitrogens with one attached hydrogen (secondary N) is 3. The summed E-state index contributed by atoms with van der Waals surface area (Å²) in [5.41, 5.74) is 1.90. The third-order valence-corrected chi connectivity index (χ3v) is 4.42. The molecule has 5 nitrogen and oxygen atoms in total. The van der Waals surface area contributed by atoms with Gasteiger partial charge in [0.25, 0.3) is 0 Å². The van der Waals surface area contributed by atoms with Crippen molar-refractivity contribution >= 4 is 22.7 Å². The highest BCUT2D eigenvalue weighted by atomic mass is 15.1. The van der Waals surface area contributed by atoms with Crippen LogP contribution >= 0.6 is 0 Å². The van der Waals surface area contributed by atoms with Crippen LogP contribution in [0.5, 0.6) is 0 Å². The van der Waals surface area contributed by atoms with Gasteiger partial charge in [-0.25, -0.2) is 9.97 Å². The normalized spacial score (nSPS) is 21.7. The van der Waals surface area contributed by atoms with Crippen LogP contribution in [-0.4, -0.2) is 35.1 Å². The Bertz CT molecular complexity index is 647. The average Bonchev–Trinajstić information content (AvgIpc) is 3.38. The minimum absolute atomic E-state index is 0.538. The molecule has 1 unspecified atom stereocenters. The van der Waals surface area contributed by atoms with Crippen molar-refractivity contribution in [2.45, 2.75) is 44.2 Å². The predicted octanol–water partition coefficient (Wildman–Crippen LogP) is 2.76. The van der Waals surface area contributed by atoms with E-state index in [1.165, 1.54) is 32.1 Å². The minimum Gasteiger partial charge on any atom is -0.365 e. The van der Waals surface area contributed by atoms with E-state index in [9.17, 15) is 0 Å². The maximum absolute atomic E-state index is 4.78. The van der Waals surface area contributed by atoms with E-state index in [2.05, 4.69) is 16.0 Å². The topological polar surface area (TPSA) is 61.9 Å². The molecular weight excluding hydrogens is 274 g/mol. The minimum atomic E-state index is 0.538. The van der Waals surface area contributed by atoms with E-state index in [0.717, 1.165) is 35.8 Å². The molecule has 5 heteroatoms. The van der Waals surface area contributed by atoms with Crippen LogP contribution in [0.25, 0.3) is 11.0 Å². The fourth-order valence-electron chi connectivity index (χ4n) is 2.96. The third-order valence-electron chi connectivity index (χ3n) is 4.42. The van der Waals surface area contributed by atoms with Crippen molar-refractivity contribution < 1.29 is 0 Å². The van der Waals surface area contributed by atoms with E-state index in [0.29, 0.717) is 12.1 Å². The molecule has 4 rings (SSSR count). The standard InChI is InChI=1S/C17H23N5/c1-2-7-15-14(6-1)21-16(17(22-15)20-12-8-9-12)19-11-13-5-3-4-10-18-13/h1-2,6-7,12-13,18H,3-5,8-11H2,(H,19,21)(H,20,22). The van der Waals surface area contributed by atoms with E-state index < -0.39 is 0 Å². The lowest BCUT2D eigenvalue weighted by Gasteiger charge is -2.24. The average molecular weight is 297 g/mol. The van der Waals surface area contributed by atoms with Gasteiger partial charge in [-0.05, 0) is 44.4 Å². The summed E-state index contributed by atoms with van der Waals surface area (Å²) >= 11 is 0. The Balaban J connectivity index is 1.55. The molecule has 116 valence electrons. The van der Waals surface area contributed by atoms with Crippen LogP contribution in [-0.2, 0) is 0 Å². The van der Waals surface area contributed by atoms with Crippen molar-refractivity contribution in [3.8, 4) is 0 Å². The van der Waals surface area contributed by atoms with Crippen LogP contribution in [0.4, 0.5) is 11.6 Å². The van der Waals surface area contributed by atoms with E-state index >= 15 is 0 Å². The molecule has 3 N–H and O–H groups in total. The summed E-state index contributed by atoms with van der Waals surface area (Å²) in [4.78, 5) is 9.54. The first-order chi connectivity index (χ1) is 10.9. The second-order valence-electron chi connectivity index (χ2n) is 6.36. The van der Waals surface area contributed by atoms with Gasteiger partial charge in [0.2, 0.25) is 0 Å². The van der Waals surface area contributed by atoms with E-state index in [1.54, 1.807) is 0 Å². The van der Waals surface area contributed by atoms with E-state index in [4.69, 9.17) is 9.97 Å². The summed E-state index contributed by atoms with van der Waals surface area (Å²) in [6, 6.07) is 9.17. The van der Waals surface area contributed by atoms with Crippen molar-refractivity contribution in [3.05, 3.63) is 24.3 Å². The molecule has 1 aromatic heterocycles. The van der Waals surface area contributed by atoms with Gasteiger partial charge in [0.1, 0.15) is 0 Å². The van der Waals surface area contributed by atoms with Crippen molar-refractivity contribution in [1.82, 2.24) is 15.3 Å². The Kier molecular flexibility index (Phi) is 3.81. The maximum atomic E-state index is 4.78. The Morgan fingerprint density at radius 1 is 1.00 bits per heavy atom. The molecule has 1 saturated carbocycles. The van der Waals surface area contributed by atoms with Gasteiger partial charge in [-0.3, -0.25) is 0 Å². The van der Waals surface area contributed by atoms with Crippen molar-refractivity contribution in [2.75, 3.05) is 23.7 Å². The lowest BCUT2D eigenvalue weighted by atomic mass is 10.1. The van der Waals surface area contributed by atoms with Gasteiger partial charge in [-0.1, -0.05) is 18.6 Å². The summed E-state index contributed by atoms with van der Waals surface area (Å²) in [5, 5.41) is 10.6. The van der Waals surface area contributed by atoms with Crippen molar-refractivity contribution in [1.29, 1.82) is 0 Å². The lowest BCUT2D eigenvalue weighted by molar-refractivity contribution is 0.414. The summed E-state index contributed by atoms with van der Waals surface area (Å²) < 4.78 is 0. The Hall–Kier alpha value is -1.88. The van der Waals surface area contributed by atoms with E-state index in [1.807, 2.05) is 24.3 Å². The molecule has 1 aromatic carbocycles. The van der Waals surface area contributed by atoms with Gasteiger partial charge in [0.05, 0.1) is 11.0 Å². The number of fused-ring (bicyclic) bond motifs is 1. The molecule has 1 aliphatic carbocycles. The molecule has 2 fully saturated rings. The second kappa shape index (κ2) is 6.08. The number of hydrogen-bond donors (Lipinski definition) is 3. The van der Waals surface area contributed by atoms with Crippen LogP contribution in [0.15, 0.2) is 24.3 Å². The maximum Gasteiger partial charge on any atom is 0.169 e. The van der Waals surface area contributed by atoms with Crippen LogP contribution in [0.2, 0.25) is 0 Å². The monoisotopic (exact) mass is 297 g/mol. The number of benzene rings is 1. The summed E-state index contributed by atoms with van der Waals surface area (Å²) in [5.74, 6) is 1.79. The Morgan fingerprint density at radius 3 is 2.45 bits per heavy atom. The van der Waals surface area contributed by atoms with Crippen molar-refractivity contribution in [3.63, 3.8) is 0 Å². The lowest BCUT2D eigenvalue weighted by Crippen LogP contribution is -2.39. The van der Waals surface area contributed by atoms with Gasteiger partial charge in [0.15, 0.2) is 11.6 Å². The SMILES string of the molecule is c1ccc2nc(NC3CC3)c(NCC3CCCCN3)nc2c1. The molecule has 0 amide bonds. The van der Waals surface area contributed by atoms with Gasteiger partial charge >= 0.3 is 0 Å². The smallest absolute Gasteiger partial charge is 0.169 e. The zero-order chi connectivity index (χ0) is 14.8. The van der Waals surface area contributed by atoms with Gasteiger partial charge in [-0.15, -0.1) is 0 Å². The molecule has 1 atom stereocenters. The second-order valence-corrected chi connectivity index (χ2v) is 6.36. The highest BCUT2D eigenvalue weighted by molar-refractivity contribution is 5.80. The Labute approximate surface area is 130 Å². The van der Waals surface area contributed by atoms with E-state index in [-0.39, 0.29) is 0 Å². The number of rotatable bonds is 5. The van der Waals surface area contributed by atoms with Crippen LogP contribution in [0, 0.1) is 0 Å². The third kappa shape index (κ3) is 3.14. The van der Waals surface area contributed by atoms with Gasteiger partial charge in [-0.2, -0.15) is 0 Å². The quantitative estimate of drug-likeness (QED) is 0.792. The number of anilines is 2. The summed E-state index contributed by atoms with van der Waals surface area (Å²) in [6.07, 6.45) is 6.31. The molecule has 22 heavy (non-hydrogen) atoms. The molecule has 1 aliphatic heterocycles. The van der Waals surface area contributed by atoms with Gasteiger partial charge in [0, 0.05) is 18.6 Å². The molecule has 1 saturated heterocycles. The highest BCUT2D eigenvalue weighted by Gasteiger charge is 2.23. The Morgan fingerprint density at radius 2 is 1.77 bits per heavy atom. The number of hydrogen-bond acceptors (Lipinski definition) is 5. The first-order valence-electron chi connectivity index (χ1n) is 8.39. The number of para-hydroxylation sites is 2. The fraction of sp³-hybridized carbons (Fsp3) is 0.529. The van der Waals surface area contributed by atoms with Crippen LogP contribution in [0.1, 0.15) is 32.1 Å². The zero-order valence-corrected chi connectivity index (χ0v) is 12.8. The summed E-state index contributed by atoms with van der Waals surface area (Å²) in [7, 11) is 0. The number of nitrogens with zero attached hydrogens (tertiary/aromatic N) is 2. The molecule has 0 radical (unpaired) electrons. The predicted molar refractivity (Wildman–Crippen MR) is 90.3 cm³/mol. The fourth-order valence-corrected chi connectivity index (χ4v) is 2.96. The molecule has 0 bridgehead atoms. The van der Waals surface area contributed by atoms with Gasteiger partial charge < -0.3 is 16.0 Å². The summed E-state index contributed by atoms with van der Waals surface area (Å²) in [6.45, 7) is 2.04. The number of piperidine rings is 1. The number of aromatic nitrogens is 2. The first-order valence-corrected chi connectivity index (χ1v) is 8.39. The molecule has 2 aromatic rings. The molecule has 2 aliphatic rings. The van der Waals surface area contributed by atoms with Crippen molar-refractivity contribution in [2.24, 2.45) is 0 Å². The van der Waals surface area contributed by atoms with Crippen LogP contribution in [0.3, 0.4) is 0 Å². The zero-order valence-electron chi connectivity index (χ0n) is 12.8. The molecular formula is C17H23N5. The molecule has 2 heterocycles. The highest BCUT2D eigenvalue weighted by Crippen LogP contribution is 2.28. The first kappa shape index (κ1) is 13.8. The van der Waals surface area contributed by atoms with Crippen LogP contribution < -0.4 is 16.0 Å². The molecule has 0 spiro atoms.